The van der Waals surface area contributed by atoms with Gasteiger partial charge in [0.05, 0.1) is 11.6 Å². The molecule has 0 saturated heterocycles. The fourth-order valence-corrected chi connectivity index (χ4v) is 3.82. The van der Waals surface area contributed by atoms with E-state index in [1.165, 1.54) is 0 Å². The van der Waals surface area contributed by atoms with E-state index in [9.17, 15) is 9.59 Å². The summed E-state index contributed by atoms with van der Waals surface area (Å²) in [5.74, 6) is 0.818. The molecule has 0 aromatic heterocycles. The lowest BCUT2D eigenvalue weighted by Crippen LogP contribution is -2.45. The molecule has 2 N–H and O–H groups in total. The van der Waals surface area contributed by atoms with Crippen LogP contribution in [-0.2, 0) is 9.53 Å². The number of benzene rings is 1. The number of rotatable bonds is 3. The lowest BCUT2D eigenvalue weighted by atomic mass is 9.80. The number of hydrogen-bond donors (Lipinski definition) is 2. The second-order valence-corrected chi connectivity index (χ2v) is 7.85. The van der Waals surface area contributed by atoms with Crippen molar-refractivity contribution in [2.45, 2.75) is 52.2 Å². The van der Waals surface area contributed by atoms with Gasteiger partial charge in [-0.2, -0.15) is 0 Å². The fourth-order valence-electron chi connectivity index (χ4n) is 3.69. The summed E-state index contributed by atoms with van der Waals surface area (Å²) >= 11 is 5.96. The van der Waals surface area contributed by atoms with Gasteiger partial charge >= 0.3 is 12.0 Å². The topological polar surface area (TPSA) is 67.4 Å². The molecule has 1 aliphatic carbocycles. The van der Waals surface area contributed by atoms with Gasteiger partial charge < -0.3 is 15.4 Å². The highest BCUT2D eigenvalue weighted by Gasteiger charge is 2.34. The molecule has 2 aliphatic rings. The third-order valence-electron chi connectivity index (χ3n) is 5.52. The SMILES string of the molecule is CC1=C(C(=O)O[C@H]2CC[C@H](C)[C@@H](C)C2)[C@@H](c2ccc(Cl)cc2)NC(=O)N1. The van der Waals surface area contributed by atoms with E-state index in [0.29, 0.717) is 28.1 Å². The molecule has 6 heteroatoms. The highest BCUT2D eigenvalue weighted by Crippen LogP contribution is 2.33. The number of amides is 2. The van der Waals surface area contributed by atoms with Crippen molar-refractivity contribution >= 4 is 23.6 Å². The zero-order valence-corrected chi connectivity index (χ0v) is 16.1. The molecule has 5 nitrogen and oxygen atoms in total. The first-order chi connectivity index (χ1) is 12.3. The average Bonchev–Trinajstić information content (AvgIpc) is 2.58. The van der Waals surface area contributed by atoms with Gasteiger partial charge in [-0.05, 0) is 55.7 Å². The molecular weight excluding hydrogens is 352 g/mol. The first-order valence-electron chi connectivity index (χ1n) is 9.10. The number of hydrogen-bond acceptors (Lipinski definition) is 3. The zero-order valence-electron chi connectivity index (χ0n) is 15.3. The molecule has 1 aromatic rings. The third kappa shape index (κ3) is 4.04. The predicted octanol–water partition coefficient (Wildman–Crippen LogP) is 4.34. The van der Waals surface area contributed by atoms with Crippen LogP contribution in [0.4, 0.5) is 4.79 Å². The van der Waals surface area contributed by atoms with E-state index in [1.807, 2.05) is 12.1 Å². The smallest absolute Gasteiger partial charge is 0.338 e. The Bertz CT molecular complexity index is 729. The minimum absolute atomic E-state index is 0.0718. The van der Waals surface area contributed by atoms with Gasteiger partial charge in [0.15, 0.2) is 0 Å². The summed E-state index contributed by atoms with van der Waals surface area (Å²) in [4.78, 5) is 24.9. The lowest BCUT2D eigenvalue weighted by Gasteiger charge is -2.33. The zero-order chi connectivity index (χ0) is 18.8. The second kappa shape index (κ2) is 7.70. The van der Waals surface area contributed by atoms with E-state index in [4.69, 9.17) is 16.3 Å². The number of carbonyl (C=O) groups excluding carboxylic acids is 2. The molecule has 1 saturated carbocycles. The van der Waals surface area contributed by atoms with Crippen molar-refractivity contribution < 1.29 is 14.3 Å². The Labute approximate surface area is 159 Å². The number of halogens is 1. The summed E-state index contributed by atoms with van der Waals surface area (Å²) in [7, 11) is 0. The highest BCUT2D eigenvalue weighted by atomic mass is 35.5. The van der Waals surface area contributed by atoms with E-state index >= 15 is 0 Å². The van der Waals surface area contributed by atoms with Crippen LogP contribution in [0.5, 0.6) is 0 Å². The second-order valence-electron chi connectivity index (χ2n) is 7.42. The van der Waals surface area contributed by atoms with Gasteiger partial charge in [0.2, 0.25) is 0 Å². The molecule has 3 rings (SSSR count). The molecule has 140 valence electrons. The minimum atomic E-state index is -0.548. The summed E-state index contributed by atoms with van der Waals surface area (Å²) in [5, 5.41) is 6.09. The standard InChI is InChI=1S/C20H25ClN2O3/c1-11-4-9-16(10-12(11)2)26-19(24)17-13(3)22-20(25)23-18(17)14-5-7-15(21)8-6-14/h5-8,11-12,16,18H,4,9-10H2,1-3H3,(H2,22,23,25)/t11-,12-,16-,18+/m0/s1. The molecule has 0 unspecified atom stereocenters. The highest BCUT2D eigenvalue weighted by molar-refractivity contribution is 6.30. The first-order valence-corrected chi connectivity index (χ1v) is 9.47. The lowest BCUT2D eigenvalue weighted by molar-refractivity contribution is -0.147. The molecule has 26 heavy (non-hydrogen) atoms. The first kappa shape index (κ1) is 18.8. The van der Waals surface area contributed by atoms with Gasteiger partial charge in [0, 0.05) is 10.7 Å². The van der Waals surface area contributed by atoms with Crippen LogP contribution in [0.25, 0.3) is 0 Å². The van der Waals surface area contributed by atoms with E-state index in [0.717, 1.165) is 24.8 Å². The quantitative estimate of drug-likeness (QED) is 0.771. The Balaban J connectivity index is 1.82. The maximum absolute atomic E-state index is 12.9. The van der Waals surface area contributed by atoms with Crippen LogP contribution >= 0.6 is 11.6 Å². The van der Waals surface area contributed by atoms with E-state index in [-0.39, 0.29) is 18.1 Å². The van der Waals surface area contributed by atoms with Crippen LogP contribution in [0.2, 0.25) is 5.02 Å². The number of urea groups is 1. The summed E-state index contributed by atoms with van der Waals surface area (Å²) in [5.41, 5.74) is 1.76. The normalized spacial score (nSPS) is 29.0. The maximum Gasteiger partial charge on any atom is 0.338 e. The molecule has 1 aromatic carbocycles. The summed E-state index contributed by atoms with van der Waals surface area (Å²) in [6.45, 7) is 6.17. The number of allylic oxidation sites excluding steroid dienone is 1. The molecule has 0 bridgehead atoms. The van der Waals surface area contributed by atoms with Gasteiger partial charge in [0.1, 0.15) is 6.10 Å². The van der Waals surface area contributed by atoms with Crippen LogP contribution in [0.15, 0.2) is 35.5 Å². The van der Waals surface area contributed by atoms with Gasteiger partial charge in [0.25, 0.3) is 0 Å². The largest absolute Gasteiger partial charge is 0.459 e. The van der Waals surface area contributed by atoms with E-state index in [1.54, 1.807) is 19.1 Å². The Morgan fingerprint density at radius 2 is 1.85 bits per heavy atom. The molecular formula is C20H25ClN2O3. The van der Waals surface area contributed by atoms with Crippen LogP contribution in [0.1, 0.15) is 51.6 Å². The number of nitrogens with one attached hydrogen (secondary N) is 2. The molecule has 0 radical (unpaired) electrons. The Morgan fingerprint density at radius 1 is 1.15 bits per heavy atom. The number of ether oxygens (including phenoxy) is 1. The summed E-state index contributed by atoms with van der Waals surface area (Å²) < 4.78 is 5.82. The van der Waals surface area contributed by atoms with Crippen LogP contribution in [0, 0.1) is 11.8 Å². The third-order valence-corrected chi connectivity index (χ3v) is 5.77. The van der Waals surface area contributed by atoms with Crippen molar-refractivity contribution in [3.05, 3.63) is 46.1 Å². The molecule has 1 aliphatic heterocycles. The monoisotopic (exact) mass is 376 g/mol. The molecule has 1 heterocycles. The van der Waals surface area contributed by atoms with Crippen molar-refractivity contribution in [2.75, 3.05) is 0 Å². The number of esters is 1. The Hall–Kier alpha value is -2.01. The van der Waals surface area contributed by atoms with Crippen molar-refractivity contribution in [1.29, 1.82) is 0 Å². The number of carbonyl (C=O) groups is 2. The van der Waals surface area contributed by atoms with Crippen LogP contribution < -0.4 is 10.6 Å². The van der Waals surface area contributed by atoms with Gasteiger partial charge in [-0.1, -0.05) is 37.6 Å². The maximum atomic E-state index is 12.9. The van der Waals surface area contributed by atoms with Gasteiger partial charge in [-0.3, -0.25) is 0 Å². The van der Waals surface area contributed by atoms with E-state index in [2.05, 4.69) is 24.5 Å². The van der Waals surface area contributed by atoms with Crippen LogP contribution in [-0.4, -0.2) is 18.1 Å². The molecule has 4 atom stereocenters. The summed E-state index contributed by atoms with van der Waals surface area (Å²) in [6.07, 6.45) is 2.75. The average molecular weight is 377 g/mol. The van der Waals surface area contributed by atoms with Gasteiger partial charge in [-0.15, -0.1) is 0 Å². The van der Waals surface area contributed by atoms with Crippen molar-refractivity contribution in [1.82, 2.24) is 10.6 Å². The van der Waals surface area contributed by atoms with E-state index < -0.39 is 6.04 Å². The van der Waals surface area contributed by atoms with Crippen molar-refractivity contribution in [3.8, 4) is 0 Å². The molecule has 0 spiro atoms. The van der Waals surface area contributed by atoms with Gasteiger partial charge in [-0.25, -0.2) is 9.59 Å². The fraction of sp³-hybridized carbons (Fsp3) is 0.500. The summed E-state index contributed by atoms with van der Waals surface area (Å²) in [6, 6.07) is 6.22. The van der Waals surface area contributed by atoms with Crippen LogP contribution in [0.3, 0.4) is 0 Å². The Morgan fingerprint density at radius 3 is 2.50 bits per heavy atom. The minimum Gasteiger partial charge on any atom is -0.459 e. The van der Waals surface area contributed by atoms with Crippen molar-refractivity contribution in [3.63, 3.8) is 0 Å². The Kier molecular flexibility index (Phi) is 5.56. The molecule has 1 fully saturated rings. The van der Waals surface area contributed by atoms with Crippen molar-refractivity contribution in [2.24, 2.45) is 11.8 Å². The molecule has 2 amide bonds. The predicted molar refractivity (Wildman–Crippen MR) is 101 cm³/mol.